The zero-order chi connectivity index (χ0) is 25.2. The van der Waals surface area contributed by atoms with Gasteiger partial charge in [-0.3, -0.25) is 0 Å². The van der Waals surface area contributed by atoms with Crippen LogP contribution < -0.4 is 0 Å². The third kappa shape index (κ3) is 3.79. The third-order valence-electron chi connectivity index (χ3n) is 5.46. The van der Waals surface area contributed by atoms with Gasteiger partial charge in [-0.15, -0.1) is 0 Å². The summed E-state index contributed by atoms with van der Waals surface area (Å²) in [5.41, 5.74) is -1.04. The lowest BCUT2D eigenvalue weighted by Crippen LogP contribution is -2.14. The van der Waals surface area contributed by atoms with Crippen LogP contribution in [0.2, 0.25) is 0 Å². The Labute approximate surface area is 189 Å². The molecule has 14 heteroatoms. The van der Waals surface area contributed by atoms with Crippen LogP contribution in [0.5, 0.6) is 0 Å². The molecule has 1 unspecified atom stereocenters. The van der Waals surface area contributed by atoms with Crippen molar-refractivity contribution >= 4 is 31.9 Å². The van der Waals surface area contributed by atoms with E-state index in [9.17, 15) is 30.6 Å². The van der Waals surface area contributed by atoms with Crippen LogP contribution in [0.25, 0.3) is 33.6 Å². The summed E-state index contributed by atoms with van der Waals surface area (Å²) >= 11 is 0. The first kappa shape index (κ1) is 24.0. The summed E-state index contributed by atoms with van der Waals surface area (Å²) in [5.74, 6) is -1.28. The van der Waals surface area contributed by atoms with Crippen LogP contribution in [0.3, 0.4) is 0 Å². The Morgan fingerprint density at radius 1 is 1.00 bits per heavy atom. The van der Waals surface area contributed by atoms with Gasteiger partial charge in [-0.1, -0.05) is 6.92 Å². The molecule has 1 N–H and O–H groups in total. The van der Waals surface area contributed by atoms with Crippen molar-refractivity contribution in [2.24, 2.45) is 7.05 Å². The predicted molar refractivity (Wildman–Crippen MR) is 113 cm³/mol. The van der Waals surface area contributed by atoms with Crippen LogP contribution in [0.15, 0.2) is 29.3 Å². The molecule has 0 aliphatic heterocycles. The van der Waals surface area contributed by atoms with E-state index in [0.717, 1.165) is 10.6 Å². The molecule has 1 aromatic carbocycles. The maximum Gasteiger partial charge on any atom is 0.449 e. The zero-order valence-electron chi connectivity index (χ0n) is 18.0. The van der Waals surface area contributed by atoms with Crippen LogP contribution in [0.1, 0.15) is 25.2 Å². The number of rotatable bonds is 4. The van der Waals surface area contributed by atoms with E-state index in [1.807, 2.05) is 0 Å². The minimum absolute atomic E-state index is 0.00626. The Kier molecular flexibility index (Phi) is 5.42. The highest BCUT2D eigenvalue weighted by Crippen LogP contribution is 2.38. The highest BCUT2D eigenvalue weighted by Gasteiger charge is 2.38. The summed E-state index contributed by atoms with van der Waals surface area (Å²) in [6.45, 7) is 2.91. The van der Waals surface area contributed by atoms with Crippen molar-refractivity contribution in [3.8, 4) is 11.4 Å². The molecule has 3 aromatic heterocycles. The Hall–Kier alpha value is -3.16. The normalized spacial score (nSPS) is 14.7. The first-order valence-electron chi connectivity index (χ1n) is 9.97. The van der Waals surface area contributed by atoms with Gasteiger partial charge in [-0.05, 0) is 25.1 Å². The van der Waals surface area contributed by atoms with Gasteiger partial charge < -0.3 is 9.13 Å². The maximum absolute atomic E-state index is 13.5. The van der Waals surface area contributed by atoms with Gasteiger partial charge in [-0.2, -0.15) is 26.3 Å². The average molecular weight is 504 g/mol. The highest BCUT2D eigenvalue weighted by atomic mass is 32.2. The second-order valence-corrected chi connectivity index (χ2v) is 9.91. The summed E-state index contributed by atoms with van der Waals surface area (Å²) in [6.07, 6.45) is -8.75. The molecule has 0 saturated carbocycles. The van der Waals surface area contributed by atoms with Gasteiger partial charge in [0, 0.05) is 31.1 Å². The summed E-state index contributed by atoms with van der Waals surface area (Å²) < 4.78 is 104. The van der Waals surface area contributed by atoms with Crippen molar-refractivity contribution < 1.29 is 30.6 Å². The predicted octanol–water partition coefficient (Wildman–Crippen LogP) is 5.47. The van der Waals surface area contributed by atoms with Gasteiger partial charge in [0.05, 0.1) is 31.2 Å². The number of nitrogens with one attached hydrogen (secondary N) is 1. The van der Waals surface area contributed by atoms with Crippen LogP contribution >= 0.6 is 0 Å². The second kappa shape index (κ2) is 7.68. The van der Waals surface area contributed by atoms with E-state index in [-0.39, 0.29) is 50.8 Å². The number of imidazole rings is 2. The Balaban J connectivity index is 2.08. The van der Waals surface area contributed by atoms with Gasteiger partial charge in [0.2, 0.25) is 5.82 Å². The minimum atomic E-state index is -4.75. The van der Waals surface area contributed by atoms with E-state index in [1.54, 1.807) is 0 Å². The van der Waals surface area contributed by atoms with E-state index < -0.39 is 33.5 Å². The number of aromatic nitrogens is 5. The molecule has 182 valence electrons. The molecule has 4 rings (SSSR count). The molecular formula is C20H18F6N6OS. The summed E-state index contributed by atoms with van der Waals surface area (Å²) in [5, 5.41) is 0. The van der Waals surface area contributed by atoms with E-state index >= 15 is 0 Å². The molecule has 0 fully saturated rings. The SMILES string of the molecule is CCn1c(C(F)(F)F)nc2cc(-c3nc4cc(C(F)(F)F)cnc4n3C)c(S(=N)(=O)CC)cc21. The first-order valence-corrected chi connectivity index (χ1v) is 11.7. The molecular weight excluding hydrogens is 486 g/mol. The van der Waals surface area contributed by atoms with E-state index in [2.05, 4.69) is 15.0 Å². The first-order chi connectivity index (χ1) is 15.7. The quantitative estimate of drug-likeness (QED) is 0.374. The van der Waals surface area contributed by atoms with Gasteiger partial charge >= 0.3 is 12.4 Å². The molecule has 3 heterocycles. The van der Waals surface area contributed by atoms with Crippen LogP contribution in [0, 0.1) is 4.78 Å². The molecule has 0 radical (unpaired) electrons. The smallest absolute Gasteiger partial charge is 0.321 e. The van der Waals surface area contributed by atoms with Crippen molar-refractivity contribution in [3.05, 3.63) is 35.8 Å². The number of alkyl halides is 6. The van der Waals surface area contributed by atoms with E-state index in [0.29, 0.717) is 6.20 Å². The summed E-state index contributed by atoms with van der Waals surface area (Å²) in [7, 11) is -2.02. The van der Waals surface area contributed by atoms with Gasteiger partial charge in [0.1, 0.15) is 11.3 Å². The van der Waals surface area contributed by atoms with Gasteiger partial charge in [0.15, 0.2) is 5.65 Å². The number of nitrogens with zero attached hydrogens (tertiary/aromatic N) is 5. The molecule has 0 aliphatic carbocycles. The van der Waals surface area contributed by atoms with Crippen molar-refractivity contribution in [1.29, 1.82) is 4.78 Å². The second-order valence-electron chi connectivity index (χ2n) is 7.54. The van der Waals surface area contributed by atoms with Crippen molar-refractivity contribution in [3.63, 3.8) is 0 Å². The maximum atomic E-state index is 13.5. The van der Waals surface area contributed by atoms with Crippen molar-refractivity contribution in [2.75, 3.05) is 5.75 Å². The molecule has 0 bridgehead atoms. The fourth-order valence-electron chi connectivity index (χ4n) is 3.76. The molecule has 0 aliphatic rings. The average Bonchev–Trinajstić information content (AvgIpc) is 3.29. The highest BCUT2D eigenvalue weighted by molar-refractivity contribution is 7.92. The number of hydrogen-bond donors (Lipinski definition) is 1. The summed E-state index contributed by atoms with van der Waals surface area (Å²) in [6, 6.07) is 3.26. The number of benzene rings is 1. The number of fused-ring (bicyclic) bond motifs is 2. The standard InChI is InChI=1S/C20H18F6N6OS/c1-4-32-14-8-15(34(27,33)5-2)11(7-12(14)30-18(32)20(24,25)26)16-29-13-6-10(19(21,22)23)9-28-17(13)31(16)3/h6-9,27H,4-5H2,1-3H3. The lowest BCUT2D eigenvalue weighted by Gasteiger charge is -2.13. The number of halogens is 6. The van der Waals surface area contributed by atoms with E-state index in [4.69, 9.17) is 4.78 Å². The zero-order valence-corrected chi connectivity index (χ0v) is 18.9. The van der Waals surface area contributed by atoms with E-state index in [1.165, 1.54) is 37.6 Å². The number of pyridine rings is 1. The van der Waals surface area contributed by atoms with Gasteiger partial charge in [-0.25, -0.2) is 23.9 Å². The molecule has 7 nitrogen and oxygen atoms in total. The Morgan fingerprint density at radius 2 is 1.68 bits per heavy atom. The monoisotopic (exact) mass is 504 g/mol. The lowest BCUT2D eigenvalue weighted by atomic mass is 10.2. The fourth-order valence-corrected chi connectivity index (χ4v) is 4.88. The Bertz CT molecular complexity index is 1530. The minimum Gasteiger partial charge on any atom is -0.321 e. The van der Waals surface area contributed by atoms with Crippen LogP contribution in [-0.4, -0.2) is 34.0 Å². The molecule has 0 saturated heterocycles. The molecule has 34 heavy (non-hydrogen) atoms. The molecule has 1 atom stereocenters. The third-order valence-corrected chi connectivity index (χ3v) is 7.32. The molecule has 0 amide bonds. The molecule has 0 spiro atoms. The molecule has 4 aromatic rings. The topological polar surface area (TPSA) is 89.4 Å². The van der Waals surface area contributed by atoms with Crippen LogP contribution in [-0.2, 0) is 35.7 Å². The van der Waals surface area contributed by atoms with Crippen molar-refractivity contribution in [2.45, 2.75) is 37.6 Å². The summed E-state index contributed by atoms with van der Waals surface area (Å²) in [4.78, 5) is 11.6. The lowest BCUT2D eigenvalue weighted by molar-refractivity contribution is -0.146. The number of aryl methyl sites for hydroxylation is 2. The Morgan fingerprint density at radius 3 is 2.24 bits per heavy atom. The fraction of sp³-hybridized carbons (Fsp3) is 0.350. The van der Waals surface area contributed by atoms with Gasteiger partial charge in [0.25, 0.3) is 0 Å². The van der Waals surface area contributed by atoms with Crippen molar-refractivity contribution in [1.82, 2.24) is 24.1 Å². The largest absolute Gasteiger partial charge is 0.449 e. The van der Waals surface area contributed by atoms with Crippen LogP contribution in [0.4, 0.5) is 26.3 Å². The number of hydrogen-bond acceptors (Lipinski definition) is 5.